The van der Waals surface area contributed by atoms with Gasteiger partial charge >= 0.3 is 0 Å². The minimum Gasteiger partial charge on any atom is -0.389 e. The van der Waals surface area contributed by atoms with E-state index >= 15 is 0 Å². The molecule has 0 bridgehead atoms. The van der Waals surface area contributed by atoms with Crippen molar-refractivity contribution in [1.82, 2.24) is 9.88 Å². The molecule has 0 aromatic carbocycles. The van der Waals surface area contributed by atoms with Gasteiger partial charge in [0.15, 0.2) is 0 Å². The first-order chi connectivity index (χ1) is 8.11. The van der Waals surface area contributed by atoms with E-state index < -0.39 is 5.60 Å². The molecule has 2 heterocycles. The molecule has 1 aliphatic heterocycles. The molecule has 94 valence electrons. The monoisotopic (exact) mass is 298 g/mol. The molecule has 0 radical (unpaired) electrons. The second-order valence-corrected chi connectivity index (χ2v) is 5.76. The van der Waals surface area contributed by atoms with Crippen LogP contribution in [0.2, 0.25) is 0 Å². The fraction of sp³-hybridized carbons (Fsp3) is 0.615. The van der Waals surface area contributed by atoms with Gasteiger partial charge in [0, 0.05) is 36.4 Å². The zero-order valence-corrected chi connectivity index (χ0v) is 11.8. The second kappa shape index (κ2) is 5.46. The first-order valence-electron chi connectivity index (χ1n) is 6.15. The predicted octanol–water partition coefficient (Wildman–Crippen LogP) is 2.23. The Kier molecular flexibility index (Phi) is 4.17. The van der Waals surface area contributed by atoms with Crippen molar-refractivity contribution in [2.24, 2.45) is 0 Å². The Bertz CT molecular complexity index is 375. The molecular weight excluding hydrogens is 280 g/mol. The second-order valence-electron chi connectivity index (χ2n) is 4.85. The molecule has 0 amide bonds. The van der Waals surface area contributed by atoms with Crippen molar-refractivity contribution in [3.05, 3.63) is 28.5 Å². The lowest BCUT2D eigenvalue weighted by molar-refractivity contribution is -0.0194. The lowest BCUT2D eigenvalue weighted by atomic mass is 9.86. The third-order valence-electron chi connectivity index (χ3n) is 3.53. The molecule has 3 nitrogen and oxygen atoms in total. The van der Waals surface area contributed by atoms with Crippen molar-refractivity contribution in [2.45, 2.75) is 31.8 Å². The molecule has 0 spiro atoms. The summed E-state index contributed by atoms with van der Waals surface area (Å²) in [6.07, 6.45) is 6.03. The van der Waals surface area contributed by atoms with E-state index in [2.05, 4.69) is 32.7 Å². The summed E-state index contributed by atoms with van der Waals surface area (Å²) >= 11 is 3.41. The van der Waals surface area contributed by atoms with Crippen LogP contribution in [0.4, 0.5) is 0 Å². The molecule has 0 aliphatic carbocycles. The molecule has 1 saturated heterocycles. The Morgan fingerprint density at radius 3 is 2.71 bits per heavy atom. The summed E-state index contributed by atoms with van der Waals surface area (Å²) < 4.78 is 0.976. The van der Waals surface area contributed by atoms with Crippen LogP contribution >= 0.6 is 15.9 Å². The molecule has 1 fully saturated rings. The molecule has 0 saturated carbocycles. The average molecular weight is 299 g/mol. The van der Waals surface area contributed by atoms with Crippen LogP contribution in [0.3, 0.4) is 0 Å². The van der Waals surface area contributed by atoms with Crippen molar-refractivity contribution < 1.29 is 5.11 Å². The van der Waals surface area contributed by atoms with Gasteiger partial charge in [-0.2, -0.15) is 0 Å². The van der Waals surface area contributed by atoms with Crippen molar-refractivity contribution in [2.75, 3.05) is 19.6 Å². The number of likely N-dealkylation sites (tertiary alicyclic amines) is 1. The van der Waals surface area contributed by atoms with Crippen LogP contribution in [0.25, 0.3) is 0 Å². The Hall–Kier alpha value is -0.450. The number of halogens is 1. The zero-order chi connectivity index (χ0) is 12.3. The van der Waals surface area contributed by atoms with Crippen LogP contribution < -0.4 is 0 Å². The summed E-state index contributed by atoms with van der Waals surface area (Å²) in [5, 5.41) is 10.6. The zero-order valence-electron chi connectivity index (χ0n) is 10.2. The van der Waals surface area contributed by atoms with Crippen LogP contribution in [0.5, 0.6) is 0 Å². The number of hydrogen-bond acceptors (Lipinski definition) is 3. The Morgan fingerprint density at radius 2 is 2.12 bits per heavy atom. The van der Waals surface area contributed by atoms with Gasteiger partial charge in [-0.15, -0.1) is 0 Å². The molecule has 0 atom stereocenters. The number of hydrogen-bond donors (Lipinski definition) is 1. The molecule has 17 heavy (non-hydrogen) atoms. The number of aromatic nitrogens is 1. The Morgan fingerprint density at radius 1 is 1.41 bits per heavy atom. The van der Waals surface area contributed by atoms with E-state index in [0.717, 1.165) is 42.5 Å². The van der Waals surface area contributed by atoms with Crippen molar-refractivity contribution in [1.29, 1.82) is 0 Å². The average Bonchev–Trinajstić information content (AvgIpc) is 2.29. The van der Waals surface area contributed by atoms with Crippen LogP contribution in [0.1, 0.15) is 25.3 Å². The summed E-state index contributed by atoms with van der Waals surface area (Å²) in [4.78, 5) is 6.53. The first-order valence-corrected chi connectivity index (χ1v) is 6.95. The van der Waals surface area contributed by atoms with Gasteiger partial charge in [-0.3, -0.25) is 4.98 Å². The quantitative estimate of drug-likeness (QED) is 0.930. The highest BCUT2D eigenvalue weighted by Gasteiger charge is 2.31. The van der Waals surface area contributed by atoms with E-state index in [9.17, 15) is 5.11 Å². The summed E-state index contributed by atoms with van der Waals surface area (Å²) in [6.45, 7) is 5.24. The maximum absolute atomic E-state index is 10.6. The number of piperidine rings is 1. The molecule has 1 aromatic heterocycles. The third-order valence-corrected chi connectivity index (χ3v) is 3.96. The number of pyridine rings is 1. The first kappa shape index (κ1) is 13.0. The highest BCUT2D eigenvalue weighted by molar-refractivity contribution is 9.10. The molecule has 1 aliphatic rings. The number of aliphatic hydroxyl groups is 1. The van der Waals surface area contributed by atoms with Crippen molar-refractivity contribution in [3.8, 4) is 0 Å². The molecule has 1 aromatic rings. The maximum atomic E-state index is 10.6. The molecular formula is C13H19BrN2O. The fourth-order valence-corrected chi connectivity index (χ4v) is 2.81. The van der Waals surface area contributed by atoms with Gasteiger partial charge in [0.1, 0.15) is 0 Å². The Labute approximate surface area is 111 Å². The number of rotatable bonds is 3. The van der Waals surface area contributed by atoms with Gasteiger partial charge in [0.25, 0.3) is 0 Å². The van der Waals surface area contributed by atoms with Gasteiger partial charge in [-0.25, -0.2) is 0 Å². The lowest BCUT2D eigenvalue weighted by Crippen LogP contribution is -2.45. The molecule has 4 heteroatoms. The molecule has 0 unspecified atom stereocenters. The largest absolute Gasteiger partial charge is 0.389 e. The summed E-state index contributed by atoms with van der Waals surface area (Å²) in [5.74, 6) is 0. The minimum atomic E-state index is -0.547. The van der Waals surface area contributed by atoms with Crippen molar-refractivity contribution >= 4 is 15.9 Å². The van der Waals surface area contributed by atoms with Gasteiger partial charge < -0.3 is 10.0 Å². The summed E-state index contributed by atoms with van der Waals surface area (Å²) in [6, 6.07) is 2.04. The van der Waals surface area contributed by atoms with E-state index in [1.54, 1.807) is 6.20 Å². The van der Waals surface area contributed by atoms with Crippen LogP contribution in [0.15, 0.2) is 22.9 Å². The van der Waals surface area contributed by atoms with Crippen molar-refractivity contribution in [3.63, 3.8) is 0 Å². The van der Waals surface area contributed by atoms with Gasteiger partial charge in [0.2, 0.25) is 0 Å². The van der Waals surface area contributed by atoms with Gasteiger partial charge in [0.05, 0.1) is 5.60 Å². The van der Waals surface area contributed by atoms with E-state index in [-0.39, 0.29) is 0 Å². The standard InChI is InChI=1S/C13H19BrN2O/c1-2-16-5-3-13(17,4-6-16)8-11-7-12(14)10-15-9-11/h7,9-10,17H,2-6,8H2,1H3. The van der Waals surface area contributed by atoms with Gasteiger partial charge in [-0.05, 0) is 46.9 Å². The fourth-order valence-electron chi connectivity index (χ4n) is 2.39. The summed E-state index contributed by atoms with van der Waals surface area (Å²) in [5.41, 5.74) is 0.556. The van der Waals surface area contributed by atoms with Crippen LogP contribution in [-0.4, -0.2) is 40.2 Å². The predicted molar refractivity (Wildman–Crippen MR) is 71.9 cm³/mol. The van der Waals surface area contributed by atoms with Gasteiger partial charge in [-0.1, -0.05) is 6.92 Å². The lowest BCUT2D eigenvalue weighted by Gasteiger charge is -2.37. The van der Waals surface area contributed by atoms with Crippen LogP contribution in [0, 0.1) is 0 Å². The topological polar surface area (TPSA) is 36.4 Å². The maximum Gasteiger partial charge on any atom is 0.0712 e. The van der Waals surface area contributed by atoms with E-state index in [1.807, 2.05) is 12.3 Å². The highest BCUT2D eigenvalue weighted by atomic mass is 79.9. The highest BCUT2D eigenvalue weighted by Crippen LogP contribution is 2.26. The number of nitrogens with zero attached hydrogens (tertiary/aromatic N) is 2. The van der Waals surface area contributed by atoms with Crippen LogP contribution in [-0.2, 0) is 6.42 Å². The third kappa shape index (κ3) is 3.50. The minimum absolute atomic E-state index is 0.547. The SMILES string of the molecule is CCN1CCC(O)(Cc2cncc(Br)c2)CC1. The van der Waals surface area contributed by atoms with E-state index in [4.69, 9.17) is 0 Å². The summed E-state index contributed by atoms with van der Waals surface area (Å²) in [7, 11) is 0. The van der Waals surface area contributed by atoms with E-state index in [0.29, 0.717) is 6.42 Å². The normalized spacial score (nSPS) is 20.4. The van der Waals surface area contributed by atoms with E-state index in [1.165, 1.54) is 0 Å². The smallest absolute Gasteiger partial charge is 0.0712 e. The molecule has 2 rings (SSSR count). The molecule has 1 N–H and O–H groups in total. The Balaban J connectivity index is 1.99.